The van der Waals surface area contributed by atoms with Gasteiger partial charge in [-0.3, -0.25) is 4.79 Å². The van der Waals surface area contributed by atoms with Gasteiger partial charge in [0.15, 0.2) is 0 Å². The van der Waals surface area contributed by atoms with Crippen molar-refractivity contribution in [3.63, 3.8) is 0 Å². The molecular weight excluding hydrogens is 222 g/mol. The topological polar surface area (TPSA) is 29.1 Å². The second-order valence-corrected chi connectivity index (χ2v) is 4.11. The fraction of sp³-hybridized carbons (Fsp3) is 0.562. The Hall–Kier alpha value is -1.31. The first-order chi connectivity index (χ1) is 8.77. The predicted octanol–water partition coefficient (Wildman–Crippen LogP) is 4.41. The van der Waals surface area contributed by atoms with Gasteiger partial charge in [0.05, 0.1) is 0 Å². The first-order valence-electron chi connectivity index (χ1n) is 7.13. The Balaban J connectivity index is 0.00000137. The fourth-order valence-corrected chi connectivity index (χ4v) is 1.84. The minimum atomic E-state index is 0.0486. The van der Waals surface area contributed by atoms with Crippen LogP contribution in [0.15, 0.2) is 30.3 Å². The summed E-state index contributed by atoms with van der Waals surface area (Å²) < 4.78 is 0. The first kappa shape index (κ1) is 16.7. The summed E-state index contributed by atoms with van der Waals surface area (Å²) in [6, 6.07) is 9.73. The smallest absolute Gasteiger partial charge is 0.251 e. The lowest BCUT2D eigenvalue weighted by Gasteiger charge is -2.17. The van der Waals surface area contributed by atoms with Crippen molar-refractivity contribution < 1.29 is 4.79 Å². The molecule has 2 nitrogen and oxygen atoms in total. The second kappa shape index (κ2) is 10.8. The van der Waals surface area contributed by atoms with E-state index in [4.69, 9.17) is 0 Å². The van der Waals surface area contributed by atoms with Crippen LogP contribution < -0.4 is 5.32 Å². The van der Waals surface area contributed by atoms with Gasteiger partial charge in [-0.25, -0.2) is 0 Å². The fourth-order valence-electron chi connectivity index (χ4n) is 1.84. The van der Waals surface area contributed by atoms with Crippen LogP contribution in [0, 0.1) is 0 Å². The molecule has 0 bridgehead atoms. The molecule has 0 aliphatic rings. The van der Waals surface area contributed by atoms with Crippen molar-refractivity contribution in [3.05, 3.63) is 35.9 Å². The lowest BCUT2D eigenvalue weighted by molar-refractivity contribution is 0.0932. The monoisotopic (exact) mass is 249 g/mol. The maximum atomic E-state index is 11.9. The number of carbonyl (C=O) groups excluding carboxylic acids is 1. The van der Waals surface area contributed by atoms with Gasteiger partial charge in [0, 0.05) is 11.6 Å². The lowest BCUT2D eigenvalue weighted by atomic mass is 10.1. The minimum Gasteiger partial charge on any atom is -0.349 e. The molecule has 0 heterocycles. The van der Waals surface area contributed by atoms with Gasteiger partial charge < -0.3 is 5.32 Å². The molecule has 1 amide bonds. The molecule has 18 heavy (non-hydrogen) atoms. The molecular formula is C16H27NO. The van der Waals surface area contributed by atoms with Crippen LogP contribution in [0.5, 0.6) is 0 Å². The first-order valence-corrected chi connectivity index (χ1v) is 7.13. The molecule has 2 heteroatoms. The second-order valence-electron chi connectivity index (χ2n) is 4.11. The third-order valence-electron chi connectivity index (χ3n) is 2.65. The number of hydrogen-bond donors (Lipinski definition) is 1. The molecule has 0 aliphatic carbocycles. The summed E-state index contributed by atoms with van der Waals surface area (Å²) >= 11 is 0. The van der Waals surface area contributed by atoms with Gasteiger partial charge in [-0.1, -0.05) is 58.7 Å². The van der Waals surface area contributed by atoms with E-state index in [1.54, 1.807) is 0 Å². The van der Waals surface area contributed by atoms with Gasteiger partial charge >= 0.3 is 0 Å². The molecule has 1 rings (SSSR count). The van der Waals surface area contributed by atoms with Crippen LogP contribution in [0.3, 0.4) is 0 Å². The van der Waals surface area contributed by atoms with Crippen LogP contribution in [0.4, 0.5) is 0 Å². The molecule has 0 radical (unpaired) electrons. The quantitative estimate of drug-likeness (QED) is 0.795. The molecule has 0 aliphatic heterocycles. The number of hydrogen-bond acceptors (Lipinski definition) is 1. The number of rotatable bonds is 6. The predicted molar refractivity (Wildman–Crippen MR) is 78.9 cm³/mol. The molecule has 0 saturated heterocycles. The van der Waals surface area contributed by atoms with E-state index in [1.807, 2.05) is 44.2 Å². The van der Waals surface area contributed by atoms with Crippen molar-refractivity contribution in [3.8, 4) is 0 Å². The van der Waals surface area contributed by atoms with Crippen molar-refractivity contribution in [2.24, 2.45) is 0 Å². The zero-order valence-electron chi connectivity index (χ0n) is 12.2. The van der Waals surface area contributed by atoms with Crippen molar-refractivity contribution in [1.82, 2.24) is 5.32 Å². The highest BCUT2D eigenvalue weighted by Crippen LogP contribution is 2.06. The molecule has 1 aromatic carbocycles. The summed E-state index contributed by atoms with van der Waals surface area (Å²) in [5.74, 6) is 0.0486. The van der Waals surface area contributed by atoms with Crippen LogP contribution in [0.25, 0.3) is 0 Å². The van der Waals surface area contributed by atoms with Crippen molar-refractivity contribution in [2.45, 2.75) is 59.4 Å². The molecule has 0 aromatic heterocycles. The standard InChI is InChI=1S/C14H21NO.C2H6/c1-3-8-13(9-4-2)15-14(16)12-10-6-5-7-11-12;1-2/h5-7,10-11,13H,3-4,8-9H2,1-2H3,(H,15,16);1-2H3. The summed E-state index contributed by atoms with van der Waals surface area (Å²) in [5.41, 5.74) is 0.750. The van der Waals surface area contributed by atoms with Gasteiger partial charge in [-0.15, -0.1) is 0 Å². The summed E-state index contributed by atoms with van der Waals surface area (Å²) in [6.45, 7) is 8.30. The van der Waals surface area contributed by atoms with E-state index in [2.05, 4.69) is 19.2 Å². The van der Waals surface area contributed by atoms with E-state index in [0.717, 1.165) is 31.2 Å². The summed E-state index contributed by atoms with van der Waals surface area (Å²) in [4.78, 5) is 11.9. The van der Waals surface area contributed by atoms with Gasteiger partial charge in [-0.2, -0.15) is 0 Å². The van der Waals surface area contributed by atoms with E-state index >= 15 is 0 Å². The summed E-state index contributed by atoms with van der Waals surface area (Å²) in [7, 11) is 0. The maximum absolute atomic E-state index is 11.9. The highest BCUT2D eigenvalue weighted by molar-refractivity contribution is 5.94. The number of carbonyl (C=O) groups is 1. The van der Waals surface area contributed by atoms with Crippen LogP contribution in [-0.4, -0.2) is 11.9 Å². The van der Waals surface area contributed by atoms with E-state index in [9.17, 15) is 4.79 Å². The van der Waals surface area contributed by atoms with Crippen molar-refractivity contribution in [2.75, 3.05) is 0 Å². The molecule has 102 valence electrons. The largest absolute Gasteiger partial charge is 0.349 e. The zero-order chi connectivity index (χ0) is 13.8. The molecule has 1 aromatic rings. The van der Waals surface area contributed by atoms with E-state index in [-0.39, 0.29) is 5.91 Å². The zero-order valence-corrected chi connectivity index (χ0v) is 12.2. The highest BCUT2D eigenvalue weighted by Gasteiger charge is 2.11. The third kappa shape index (κ3) is 6.43. The maximum Gasteiger partial charge on any atom is 0.251 e. The number of amides is 1. The lowest BCUT2D eigenvalue weighted by Crippen LogP contribution is -2.34. The third-order valence-corrected chi connectivity index (χ3v) is 2.65. The number of nitrogens with one attached hydrogen (secondary N) is 1. The minimum absolute atomic E-state index is 0.0486. The van der Waals surface area contributed by atoms with E-state index < -0.39 is 0 Å². The van der Waals surface area contributed by atoms with Crippen LogP contribution in [-0.2, 0) is 0 Å². The van der Waals surface area contributed by atoms with E-state index in [1.165, 1.54) is 0 Å². The molecule has 0 saturated carbocycles. The average molecular weight is 249 g/mol. The molecule has 1 N–H and O–H groups in total. The van der Waals surface area contributed by atoms with Gasteiger partial charge in [0.1, 0.15) is 0 Å². The Kier molecular flexibility index (Phi) is 10.0. The van der Waals surface area contributed by atoms with E-state index in [0.29, 0.717) is 6.04 Å². The SMILES string of the molecule is CC.CCCC(CCC)NC(=O)c1ccccc1. The van der Waals surface area contributed by atoms with Gasteiger partial charge in [-0.05, 0) is 25.0 Å². The van der Waals surface area contributed by atoms with Gasteiger partial charge in [0.2, 0.25) is 0 Å². The van der Waals surface area contributed by atoms with Crippen LogP contribution in [0.2, 0.25) is 0 Å². The van der Waals surface area contributed by atoms with Crippen molar-refractivity contribution >= 4 is 5.91 Å². The Morgan fingerprint density at radius 3 is 2.00 bits per heavy atom. The highest BCUT2D eigenvalue weighted by atomic mass is 16.1. The Labute approximate surface area is 112 Å². The summed E-state index contributed by atoms with van der Waals surface area (Å²) in [6.07, 6.45) is 4.35. The molecule has 0 unspecified atom stereocenters. The van der Waals surface area contributed by atoms with Crippen molar-refractivity contribution in [1.29, 1.82) is 0 Å². The van der Waals surface area contributed by atoms with Crippen LogP contribution >= 0.6 is 0 Å². The average Bonchev–Trinajstić information content (AvgIpc) is 2.42. The Bertz CT molecular complexity index is 302. The van der Waals surface area contributed by atoms with Crippen LogP contribution in [0.1, 0.15) is 63.7 Å². The molecule has 0 spiro atoms. The van der Waals surface area contributed by atoms with Gasteiger partial charge in [0.25, 0.3) is 5.91 Å². The Morgan fingerprint density at radius 2 is 1.56 bits per heavy atom. The molecule has 0 atom stereocenters. The molecule has 0 fully saturated rings. The number of benzene rings is 1. The summed E-state index contributed by atoms with van der Waals surface area (Å²) in [5, 5.41) is 3.10. The Morgan fingerprint density at radius 1 is 1.06 bits per heavy atom. The normalized spacial score (nSPS) is 9.61.